The van der Waals surface area contributed by atoms with Gasteiger partial charge < -0.3 is 9.13 Å². The van der Waals surface area contributed by atoms with E-state index in [1.54, 1.807) is 0 Å². The first-order valence-corrected chi connectivity index (χ1v) is 21.9. The first kappa shape index (κ1) is 35.3. The first-order chi connectivity index (χ1) is 30.3. The Morgan fingerprint density at radius 1 is 0.274 bits per heavy atom. The number of aromatic nitrogens is 2. The van der Waals surface area contributed by atoms with Gasteiger partial charge in [-0.15, -0.1) is 0 Å². The first-order valence-electron chi connectivity index (χ1n) is 21.9. The lowest BCUT2D eigenvalue weighted by Crippen LogP contribution is -2.15. The molecule has 2 aliphatic carbocycles. The number of hydrogen-bond acceptors (Lipinski definition) is 0. The second-order valence-electron chi connectivity index (χ2n) is 18.6. The quantitative estimate of drug-likeness (QED) is 0.168. The highest BCUT2D eigenvalue weighted by Gasteiger charge is 2.36. The molecule has 0 radical (unpaired) electrons. The molecule has 11 aromatic rings. The van der Waals surface area contributed by atoms with E-state index >= 15 is 0 Å². The van der Waals surface area contributed by atoms with Crippen molar-refractivity contribution < 1.29 is 0 Å². The Balaban J connectivity index is 0.965. The minimum Gasteiger partial charge on any atom is -0.309 e. The fourth-order valence-electron chi connectivity index (χ4n) is 11.4. The van der Waals surface area contributed by atoms with E-state index in [4.69, 9.17) is 0 Å². The fraction of sp³-hybridized carbons (Fsp3) is 0.100. The number of rotatable bonds is 4. The van der Waals surface area contributed by atoms with Crippen molar-refractivity contribution in [2.24, 2.45) is 0 Å². The Morgan fingerprint density at radius 3 is 1.27 bits per heavy atom. The van der Waals surface area contributed by atoms with Gasteiger partial charge in [0.2, 0.25) is 0 Å². The van der Waals surface area contributed by atoms with Crippen molar-refractivity contribution in [2.75, 3.05) is 0 Å². The summed E-state index contributed by atoms with van der Waals surface area (Å²) in [6, 6.07) is 72.8. The molecule has 0 spiro atoms. The Labute approximate surface area is 362 Å². The van der Waals surface area contributed by atoms with Crippen LogP contribution in [0.3, 0.4) is 0 Å². The van der Waals surface area contributed by atoms with Gasteiger partial charge in [0.25, 0.3) is 0 Å². The Kier molecular flexibility index (Phi) is 7.16. The summed E-state index contributed by atoms with van der Waals surface area (Å²) >= 11 is 0. The van der Waals surface area contributed by atoms with Crippen molar-refractivity contribution in [3.63, 3.8) is 0 Å². The zero-order valence-corrected chi connectivity index (χ0v) is 35.4. The fourth-order valence-corrected chi connectivity index (χ4v) is 11.4. The van der Waals surface area contributed by atoms with E-state index in [1.165, 1.54) is 116 Å². The third-order valence-corrected chi connectivity index (χ3v) is 14.5. The van der Waals surface area contributed by atoms with Crippen LogP contribution in [0.15, 0.2) is 194 Å². The monoisotopic (exact) mass is 792 g/mol. The van der Waals surface area contributed by atoms with E-state index in [-0.39, 0.29) is 10.8 Å². The summed E-state index contributed by atoms with van der Waals surface area (Å²) in [5.41, 5.74) is 23.0. The molecule has 9 aromatic carbocycles. The second-order valence-corrected chi connectivity index (χ2v) is 18.6. The highest BCUT2D eigenvalue weighted by atomic mass is 15.0. The molecule has 0 atom stereocenters. The van der Waals surface area contributed by atoms with Crippen molar-refractivity contribution in [1.82, 2.24) is 9.13 Å². The molecule has 2 heterocycles. The molecule has 13 rings (SSSR count). The molecule has 2 heteroatoms. The number of fused-ring (bicyclic) bond motifs is 12. The molecule has 294 valence electrons. The van der Waals surface area contributed by atoms with E-state index in [0.29, 0.717) is 0 Å². The van der Waals surface area contributed by atoms with Crippen LogP contribution < -0.4 is 0 Å². The Hall–Kier alpha value is -7.42. The summed E-state index contributed by atoms with van der Waals surface area (Å²) in [4.78, 5) is 0. The van der Waals surface area contributed by atoms with Crippen molar-refractivity contribution in [3.05, 3.63) is 216 Å². The molecule has 2 aliphatic rings. The van der Waals surface area contributed by atoms with E-state index < -0.39 is 0 Å². The lowest BCUT2D eigenvalue weighted by atomic mass is 9.81. The van der Waals surface area contributed by atoms with Gasteiger partial charge in [0.1, 0.15) is 0 Å². The lowest BCUT2D eigenvalue weighted by Gasteiger charge is -2.22. The zero-order chi connectivity index (χ0) is 41.5. The minimum absolute atomic E-state index is 0.0533. The van der Waals surface area contributed by atoms with Crippen molar-refractivity contribution in [2.45, 2.75) is 38.5 Å². The molecular weight excluding hydrogens is 749 g/mol. The number of hydrogen-bond donors (Lipinski definition) is 0. The summed E-state index contributed by atoms with van der Waals surface area (Å²) in [6.45, 7) is 9.45. The largest absolute Gasteiger partial charge is 0.309 e. The highest BCUT2D eigenvalue weighted by molar-refractivity contribution is 6.13. The number of para-hydroxylation sites is 2. The van der Waals surface area contributed by atoms with Gasteiger partial charge in [0, 0.05) is 43.7 Å². The summed E-state index contributed by atoms with van der Waals surface area (Å²) in [5.74, 6) is 0. The molecule has 0 amide bonds. The van der Waals surface area contributed by atoms with Crippen LogP contribution in [0.5, 0.6) is 0 Å². The third kappa shape index (κ3) is 4.81. The normalized spacial score (nSPS) is 14.4. The smallest absolute Gasteiger partial charge is 0.0541 e. The van der Waals surface area contributed by atoms with Crippen molar-refractivity contribution in [3.8, 4) is 55.9 Å². The average molecular weight is 793 g/mol. The standard InChI is InChI=1S/C60H44N2/c1-59(2)51-19-11-8-16-43(51)45-27-22-40(35-53(45)59)39-25-31-58-50(34-39)49-33-38(24-30-57(49)61(58)41-14-6-5-7-15-41)37-23-29-56-48(32-37)47-18-10-13-21-55(47)62(56)42-26-28-46-44-17-9-12-20-52(44)60(3,4)54(46)36-42/h5-36H,1-4H3. The van der Waals surface area contributed by atoms with E-state index in [2.05, 4.69) is 231 Å². The zero-order valence-electron chi connectivity index (χ0n) is 35.4. The Bertz CT molecular complexity index is 3680. The highest BCUT2D eigenvalue weighted by Crippen LogP contribution is 2.51. The molecule has 0 aliphatic heterocycles. The summed E-state index contributed by atoms with van der Waals surface area (Å²) in [5, 5.41) is 5.03. The van der Waals surface area contributed by atoms with Gasteiger partial charge in [-0.1, -0.05) is 149 Å². The molecule has 0 saturated carbocycles. The minimum atomic E-state index is -0.0679. The molecule has 0 fully saturated rings. The Morgan fingerprint density at radius 2 is 0.677 bits per heavy atom. The van der Waals surface area contributed by atoms with Gasteiger partial charge in [0.15, 0.2) is 0 Å². The van der Waals surface area contributed by atoms with Crippen LogP contribution in [-0.4, -0.2) is 9.13 Å². The average Bonchev–Trinajstić information content (AvgIpc) is 3.97. The van der Waals surface area contributed by atoms with Crippen LogP contribution in [-0.2, 0) is 10.8 Å². The predicted octanol–water partition coefficient (Wildman–Crippen LogP) is 15.8. The molecular formula is C60H44N2. The van der Waals surface area contributed by atoms with E-state index in [1.807, 2.05) is 0 Å². The summed E-state index contributed by atoms with van der Waals surface area (Å²) < 4.78 is 4.89. The van der Waals surface area contributed by atoms with Crippen LogP contribution in [0, 0.1) is 0 Å². The lowest BCUT2D eigenvalue weighted by molar-refractivity contribution is 0.660. The van der Waals surface area contributed by atoms with E-state index in [0.717, 1.165) is 5.69 Å². The van der Waals surface area contributed by atoms with Crippen molar-refractivity contribution in [1.29, 1.82) is 0 Å². The van der Waals surface area contributed by atoms with Crippen LogP contribution >= 0.6 is 0 Å². The molecule has 2 aromatic heterocycles. The molecule has 0 saturated heterocycles. The van der Waals surface area contributed by atoms with Gasteiger partial charge in [0.05, 0.1) is 22.1 Å². The maximum Gasteiger partial charge on any atom is 0.0541 e. The van der Waals surface area contributed by atoms with Gasteiger partial charge in [-0.2, -0.15) is 0 Å². The van der Waals surface area contributed by atoms with Gasteiger partial charge in [-0.25, -0.2) is 0 Å². The molecule has 0 N–H and O–H groups in total. The van der Waals surface area contributed by atoms with Gasteiger partial charge in [-0.05, 0) is 140 Å². The molecule has 0 bridgehead atoms. The summed E-state index contributed by atoms with van der Waals surface area (Å²) in [6.07, 6.45) is 0. The van der Waals surface area contributed by atoms with E-state index in [9.17, 15) is 0 Å². The number of nitrogens with zero attached hydrogens (tertiary/aromatic N) is 2. The topological polar surface area (TPSA) is 9.86 Å². The van der Waals surface area contributed by atoms with Crippen LogP contribution in [0.2, 0.25) is 0 Å². The molecule has 62 heavy (non-hydrogen) atoms. The predicted molar refractivity (Wildman–Crippen MR) is 261 cm³/mol. The summed E-state index contributed by atoms with van der Waals surface area (Å²) in [7, 11) is 0. The second kappa shape index (κ2) is 12.6. The maximum absolute atomic E-state index is 2.46. The number of benzene rings is 9. The molecule has 0 unspecified atom stereocenters. The maximum atomic E-state index is 2.46. The van der Waals surface area contributed by atoms with Crippen LogP contribution in [0.1, 0.15) is 49.9 Å². The third-order valence-electron chi connectivity index (χ3n) is 14.5. The van der Waals surface area contributed by atoms with Crippen molar-refractivity contribution >= 4 is 43.6 Å². The van der Waals surface area contributed by atoms with Crippen LogP contribution in [0.25, 0.3) is 99.5 Å². The molecule has 2 nitrogen and oxygen atoms in total. The van der Waals surface area contributed by atoms with Gasteiger partial charge in [-0.3, -0.25) is 0 Å². The van der Waals surface area contributed by atoms with Gasteiger partial charge >= 0.3 is 0 Å². The van der Waals surface area contributed by atoms with Crippen LogP contribution in [0.4, 0.5) is 0 Å². The SMILES string of the molecule is CC1(C)c2ccccc2-c2ccc(-c3ccc4c(c3)c3cc(-c5ccc6c(c5)c5ccccc5n6-c5ccc6c(c5)C(C)(C)c5ccccc5-6)ccc3n4-c3ccccc3)cc21.